The fourth-order valence-electron chi connectivity index (χ4n) is 2.58. The Bertz CT molecular complexity index is 313. The second-order valence-electron chi connectivity index (χ2n) is 5.54. The molecule has 1 amide bonds. The summed E-state index contributed by atoms with van der Waals surface area (Å²) in [5, 5.41) is 11.9. The number of carbonyl (C=O) groups is 2. The summed E-state index contributed by atoms with van der Waals surface area (Å²) in [6, 6.07) is -0.470. The Morgan fingerprint density at radius 2 is 1.90 bits per heavy atom. The van der Waals surface area contributed by atoms with Gasteiger partial charge in [0.05, 0.1) is 19.8 Å². The number of carboxylic acids is 1. The first-order valence-electron chi connectivity index (χ1n) is 7.93. The number of hydrogen-bond acceptors (Lipinski definition) is 3. The van der Waals surface area contributed by atoms with Gasteiger partial charge in [-0.1, -0.05) is 39.4 Å². The summed E-state index contributed by atoms with van der Waals surface area (Å²) in [6.45, 7) is 4.32. The van der Waals surface area contributed by atoms with Crippen molar-refractivity contribution >= 4 is 19.7 Å². The first kappa shape index (κ1) is 20.0. The minimum absolute atomic E-state index is 0.0500. The Hall–Kier alpha value is -1.04. The van der Waals surface area contributed by atoms with Gasteiger partial charge < -0.3 is 16.2 Å². The summed E-state index contributed by atoms with van der Waals surface area (Å²) in [7, 11) is 4.85. The van der Waals surface area contributed by atoms with Crippen molar-refractivity contribution < 1.29 is 14.7 Å². The van der Waals surface area contributed by atoms with Gasteiger partial charge in [-0.05, 0) is 25.2 Å². The van der Waals surface area contributed by atoms with Crippen LogP contribution < -0.4 is 11.1 Å². The molecule has 21 heavy (non-hydrogen) atoms. The van der Waals surface area contributed by atoms with Crippen LogP contribution in [0.15, 0.2) is 0 Å². The predicted octanol–water partition coefficient (Wildman–Crippen LogP) is 1.71. The van der Waals surface area contributed by atoms with Crippen molar-refractivity contribution in [3.63, 3.8) is 0 Å². The van der Waals surface area contributed by atoms with Crippen LogP contribution in [-0.2, 0) is 9.59 Å². The first-order valence-corrected chi connectivity index (χ1v) is 7.93. The molecule has 0 aromatic rings. The second-order valence-corrected chi connectivity index (χ2v) is 5.54. The number of hydrogen-bond donors (Lipinski definition) is 3. The van der Waals surface area contributed by atoms with E-state index in [0.717, 1.165) is 38.4 Å². The SMILES string of the molecule is CCCC(N)C(=O)NCC1CCCCC1C(=O)O.[B]CC. The number of carboxylic acid groups (broad SMARTS) is 1. The number of nitrogens with two attached hydrogens (primary N) is 1. The molecule has 2 radical (unpaired) electrons. The Kier molecular flexibility index (Phi) is 11.0. The molecule has 0 spiro atoms. The summed E-state index contributed by atoms with van der Waals surface area (Å²) in [5.41, 5.74) is 5.71. The maximum Gasteiger partial charge on any atom is 0.306 e. The van der Waals surface area contributed by atoms with E-state index < -0.39 is 12.0 Å². The molecule has 0 aliphatic heterocycles. The van der Waals surface area contributed by atoms with E-state index >= 15 is 0 Å². The van der Waals surface area contributed by atoms with Crippen molar-refractivity contribution in [1.82, 2.24) is 5.32 Å². The second kappa shape index (κ2) is 11.6. The fourth-order valence-corrected chi connectivity index (χ4v) is 2.58. The Morgan fingerprint density at radius 3 is 2.43 bits per heavy atom. The van der Waals surface area contributed by atoms with E-state index in [4.69, 9.17) is 18.7 Å². The van der Waals surface area contributed by atoms with Gasteiger partial charge in [-0.15, -0.1) is 0 Å². The highest BCUT2D eigenvalue weighted by atomic mass is 16.4. The van der Waals surface area contributed by atoms with E-state index in [2.05, 4.69) is 5.32 Å². The largest absolute Gasteiger partial charge is 0.481 e. The Balaban J connectivity index is 0.00000122. The zero-order valence-corrected chi connectivity index (χ0v) is 13.3. The van der Waals surface area contributed by atoms with Gasteiger partial charge in [0.2, 0.25) is 5.91 Å². The Labute approximate surface area is 129 Å². The van der Waals surface area contributed by atoms with Gasteiger partial charge in [0.1, 0.15) is 0 Å². The average molecular weight is 296 g/mol. The van der Waals surface area contributed by atoms with Crippen LogP contribution in [0.2, 0.25) is 6.32 Å². The van der Waals surface area contributed by atoms with Gasteiger partial charge in [0, 0.05) is 6.54 Å². The van der Waals surface area contributed by atoms with Crippen molar-refractivity contribution in [2.45, 2.75) is 64.7 Å². The third-order valence-electron chi connectivity index (χ3n) is 3.70. The molecule has 1 saturated carbocycles. The molecule has 1 fully saturated rings. The van der Waals surface area contributed by atoms with Crippen molar-refractivity contribution in [2.75, 3.05) is 6.54 Å². The molecule has 4 N–H and O–H groups in total. The van der Waals surface area contributed by atoms with Gasteiger partial charge in [-0.25, -0.2) is 0 Å². The maximum absolute atomic E-state index is 11.7. The molecule has 0 saturated heterocycles. The van der Waals surface area contributed by atoms with Crippen LogP contribution in [0.3, 0.4) is 0 Å². The van der Waals surface area contributed by atoms with Gasteiger partial charge >= 0.3 is 5.97 Å². The number of nitrogens with one attached hydrogen (secondary N) is 1. The lowest BCUT2D eigenvalue weighted by Gasteiger charge is -2.28. The minimum atomic E-state index is -0.744. The summed E-state index contributed by atoms with van der Waals surface area (Å²) in [4.78, 5) is 22.8. The molecule has 1 aliphatic carbocycles. The smallest absolute Gasteiger partial charge is 0.306 e. The highest BCUT2D eigenvalue weighted by Gasteiger charge is 2.31. The van der Waals surface area contributed by atoms with E-state index in [1.165, 1.54) is 0 Å². The monoisotopic (exact) mass is 296 g/mol. The molecular formula is C15H29BN2O3. The molecule has 3 unspecified atom stereocenters. The van der Waals surface area contributed by atoms with Crippen LogP contribution in [0.4, 0.5) is 0 Å². The highest BCUT2D eigenvalue weighted by Crippen LogP contribution is 2.29. The van der Waals surface area contributed by atoms with Crippen LogP contribution in [-0.4, -0.2) is 37.4 Å². The number of aliphatic carboxylic acids is 1. The zero-order valence-electron chi connectivity index (χ0n) is 13.3. The molecule has 0 aromatic heterocycles. The molecule has 1 rings (SSSR count). The van der Waals surface area contributed by atoms with Crippen LogP contribution in [0.1, 0.15) is 52.4 Å². The number of amides is 1. The molecule has 0 heterocycles. The van der Waals surface area contributed by atoms with Crippen LogP contribution in [0.5, 0.6) is 0 Å². The summed E-state index contributed by atoms with van der Waals surface area (Å²) in [5.74, 6) is -1.17. The third kappa shape index (κ3) is 8.10. The standard InChI is InChI=1S/C13H24N2O3.C2H5B/c1-2-5-11(14)12(16)15-8-9-6-3-4-7-10(9)13(17)18;1-2-3/h9-11H,2-8,14H2,1H3,(H,15,16)(H,17,18);2H2,1H3. The normalized spacial score (nSPS) is 22.6. The van der Waals surface area contributed by atoms with Crippen molar-refractivity contribution in [3.8, 4) is 0 Å². The van der Waals surface area contributed by atoms with Crippen LogP contribution in [0, 0.1) is 11.8 Å². The van der Waals surface area contributed by atoms with Crippen LogP contribution >= 0.6 is 0 Å². The lowest BCUT2D eigenvalue weighted by atomic mass is 9.79. The Morgan fingerprint density at radius 1 is 1.33 bits per heavy atom. The fraction of sp³-hybridized carbons (Fsp3) is 0.867. The van der Waals surface area contributed by atoms with Crippen molar-refractivity contribution in [1.29, 1.82) is 0 Å². The quantitative estimate of drug-likeness (QED) is 0.651. The van der Waals surface area contributed by atoms with Gasteiger partial charge in [0.15, 0.2) is 0 Å². The lowest BCUT2D eigenvalue weighted by Crippen LogP contribution is -2.44. The maximum atomic E-state index is 11.7. The summed E-state index contributed by atoms with van der Waals surface area (Å²) < 4.78 is 0. The van der Waals surface area contributed by atoms with E-state index in [0.29, 0.717) is 13.0 Å². The topological polar surface area (TPSA) is 92.4 Å². The van der Waals surface area contributed by atoms with Crippen molar-refractivity contribution in [3.05, 3.63) is 0 Å². The molecule has 0 aromatic carbocycles. The van der Waals surface area contributed by atoms with E-state index in [1.807, 2.05) is 13.8 Å². The average Bonchev–Trinajstić information content (AvgIpc) is 2.46. The number of rotatable bonds is 6. The molecule has 3 atom stereocenters. The van der Waals surface area contributed by atoms with E-state index in [9.17, 15) is 9.59 Å². The lowest BCUT2D eigenvalue weighted by molar-refractivity contribution is -0.145. The molecule has 120 valence electrons. The molecule has 5 nitrogen and oxygen atoms in total. The highest BCUT2D eigenvalue weighted by molar-refractivity contribution is 6.08. The van der Waals surface area contributed by atoms with Gasteiger partial charge in [-0.2, -0.15) is 0 Å². The zero-order chi connectivity index (χ0) is 16.3. The van der Waals surface area contributed by atoms with Gasteiger partial charge in [0.25, 0.3) is 0 Å². The molecule has 0 bridgehead atoms. The molecular weight excluding hydrogens is 267 g/mol. The first-order chi connectivity index (χ1) is 9.97. The van der Waals surface area contributed by atoms with E-state index in [-0.39, 0.29) is 17.7 Å². The predicted molar refractivity (Wildman–Crippen MR) is 85.2 cm³/mol. The number of carbonyl (C=O) groups excluding carboxylic acids is 1. The van der Waals surface area contributed by atoms with Gasteiger partial charge in [-0.3, -0.25) is 9.59 Å². The third-order valence-corrected chi connectivity index (χ3v) is 3.70. The summed E-state index contributed by atoms with van der Waals surface area (Å²) in [6.07, 6.45) is 5.90. The van der Waals surface area contributed by atoms with Crippen molar-refractivity contribution in [2.24, 2.45) is 17.6 Å². The van der Waals surface area contributed by atoms with E-state index in [1.54, 1.807) is 0 Å². The minimum Gasteiger partial charge on any atom is -0.481 e. The summed E-state index contributed by atoms with van der Waals surface area (Å²) >= 11 is 0. The molecule has 1 aliphatic rings. The van der Waals surface area contributed by atoms with Crippen LogP contribution in [0.25, 0.3) is 0 Å². The molecule has 6 heteroatoms.